The van der Waals surface area contributed by atoms with Crippen molar-refractivity contribution in [3.8, 4) is 11.5 Å². The van der Waals surface area contributed by atoms with E-state index in [2.05, 4.69) is 10.9 Å². The van der Waals surface area contributed by atoms with Gasteiger partial charge in [-0.05, 0) is 56.3 Å². The number of hydrazine groups is 1. The van der Waals surface area contributed by atoms with E-state index < -0.39 is 16.7 Å². The van der Waals surface area contributed by atoms with Crippen molar-refractivity contribution < 1.29 is 23.7 Å². The Labute approximate surface area is 175 Å². The normalized spacial score (nSPS) is 10.4. The quantitative estimate of drug-likeness (QED) is 0.459. The fraction of sp³-hybridized carbons (Fsp3) is 0.100. The summed E-state index contributed by atoms with van der Waals surface area (Å²) in [7, 11) is 0. The van der Waals surface area contributed by atoms with Gasteiger partial charge >= 0.3 is 5.69 Å². The molecule has 2 amide bonds. The number of rotatable bonds is 5. The number of nitro benzene ring substituents is 1. The summed E-state index contributed by atoms with van der Waals surface area (Å²) >= 11 is 5.78. The van der Waals surface area contributed by atoms with E-state index in [-0.39, 0.29) is 27.8 Å². The molecule has 154 valence electrons. The first-order valence-electron chi connectivity index (χ1n) is 8.64. The van der Waals surface area contributed by atoms with Crippen LogP contribution in [0.25, 0.3) is 0 Å². The number of carbonyl (C=O) groups is 2. The molecule has 9 nitrogen and oxygen atoms in total. The molecule has 0 atom stereocenters. The number of benzene rings is 2. The van der Waals surface area contributed by atoms with Crippen molar-refractivity contribution in [3.63, 3.8) is 0 Å². The lowest BCUT2D eigenvalue weighted by molar-refractivity contribution is -0.385. The van der Waals surface area contributed by atoms with Gasteiger partial charge in [0.1, 0.15) is 17.3 Å². The smallest absolute Gasteiger partial charge is 0.313 e. The highest BCUT2D eigenvalue weighted by atomic mass is 35.5. The van der Waals surface area contributed by atoms with E-state index in [9.17, 15) is 19.7 Å². The minimum absolute atomic E-state index is 0.0136. The van der Waals surface area contributed by atoms with Gasteiger partial charge in [-0.1, -0.05) is 11.6 Å². The predicted molar refractivity (Wildman–Crippen MR) is 108 cm³/mol. The molecular formula is C20H16ClN3O6. The van der Waals surface area contributed by atoms with Crippen LogP contribution in [0, 0.1) is 24.0 Å². The molecule has 2 N–H and O–H groups in total. The average Bonchev–Trinajstić information content (AvgIpc) is 3.05. The molecule has 0 fully saturated rings. The Bertz CT molecular complexity index is 1120. The van der Waals surface area contributed by atoms with Crippen molar-refractivity contribution in [3.05, 3.63) is 86.3 Å². The van der Waals surface area contributed by atoms with Crippen LogP contribution in [-0.4, -0.2) is 16.7 Å². The molecule has 2 aromatic carbocycles. The lowest BCUT2D eigenvalue weighted by atomic mass is 10.2. The summed E-state index contributed by atoms with van der Waals surface area (Å²) in [6, 6.07) is 11.5. The highest BCUT2D eigenvalue weighted by Crippen LogP contribution is 2.33. The first-order valence-corrected chi connectivity index (χ1v) is 9.02. The number of carbonyl (C=O) groups excluding carboxylic acids is 2. The number of furan rings is 1. The fourth-order valence-corrected chi connectivity index (χ4v) is 2.80. The number of hydrogen-bond donors (Lipinski definition) is 2. The fourth-order valence-electron chi connectivity index (χ4n) is 2.63. The van der Waals surface area contributed by atoms with Crippen molar-refractivity contribution in [2.75, 3.05) is 0 Å². The van der Waals surface area contributed by atoms with Crippen molar-refractivity contribution >= 4 is 29.1 Å². The molecule has 1 heterocycles. The lowest BCUT2D eigenvalue weighted by Crippen LogP contribution is -2.41. The molecule has 30 heavy (non-hydrogen) atoms. The summed E-state index contributed by atoms with van der Waals surface area (Å²) in [5.41, 5.74) is 4.91. The van der Waals surface area contributed by atoms with E-state index >= 15 is 0 Å². The number of halogens is 1. The van der Waals surface area contributed by atoms with Crippen LogP contribution >= 0.6 is 11.6 Å². The molecular weight excluding hydrogens is 414 g/mol. The maximum atomic E-state index is 12.2. The van der Waals surface area contributed by atoms with Crippen molar-refractivity contribution in [1.29, 1.82) is 0 Å². The number of nitrogens with one attached hydrogen (secondary N) is 2. The Morgan fingerprint density at radius 1 is 1.03 bits per heavy atom. The Balaban J connectivity index is 1.64. The number of amides is 2. The zero-order chi connectivity index (χ0) is 21.8. The summed E-state index contributed by atoms with van der Waals surface area (Å²) in [6.07, 6.45) is 0. The van der Waals surface area contributed by atoms with E-state index in [0.717, 1.165) is 0 Å². The highest BCUT2D eigenvalue weighted by molar-refractivity contribution is 6.30. The van der Waals surface area contributed by atoms with E-state index in [4.69, 9.17) is 20.8 Å². The zero-order valence-electron chi connectivity index (χ0n) is 15.9. The Morgan fingerprint density at radius 2 is 1.70 bits per heavy atom. The number of nitro groups is 1. The predicted octanol–water partition coefficient (Wildman–Crippen LogP) is 4.33. The summed E-state index contributed by atoms with van der Waals surface area (Å²) in [6.45, 7) is 3.36. The molecule has 0 aliphatic heterocycles. The van der Waals surface area contributed by atoms with Gasteiger partial charge in [0.15, 0.2) is 0 Å². The van der Waals surface area contributed by atoms with Crippen LogP contribution in [0.4, 0.5) is 5.69 Å². The molecule has 0 radical (unpaired) electrons. The second-order valence-electron chi connectivity index (χ2n) is 6.23. The second-order valence-corrected chi connectivity index (χ2v) is 6.67. The van der Waals surface area contributed by atoms with Gasteiger partial charge in [0.25, 0.3) is 11.8 Å². The van der Waals surface area contributed by atoms with Crippen LogP contribution < -0.4 is 15.6 Å². The third-order valence-corrected chi connectivity index (χ3v) is 4.27. The summed E-state index contributed by atoms with van der Waals surface area (Å²) in [5, 5.41) is 11.3. The van der Waals surface area contributed by atoms with E-state index in [1.807, 2.05) is 0 Å². The van der Waals surface area contributed by atoms with E-state index in [0.29, 0.717) is 17.1 Å². The minimum Gasteiger partial charge on any atom is -0.466 e. The Morgan fingerprint density at radius 3 is 2.30 bits per heavy atom. The first kappa shape index (κ1) is 20.9. The zero-order valence-corrected chi connectivity index (χ0v) is 16.6. The van der Waals surface area contributed by atoms with Crippen LogP contribution in [0.1, 0.15) is 32.2 Å². The van der Waals surface area contributed by atoms with Crippen LogP contribution in [0.5, 0.6) is 11.5 Å². The van der Waals surface area contributed by atoms with Crippen LogP contribution in [-0.2, 0) is 0 Å². The van der Waals surface area contributed by atoms with Gasteiger partial charge < -0.3 is 9.15 Å². The van der Waals surface area contributed by atoms with E-state index in [1.54, 1.807) is 19.9 Å². The number of nitrogens with zero attached hydrogens (tertiary/aromatic N) is 1. The maximum absolute atomic E-state index is 12.2. The molecule has 3 rings (SSSR count). The standard InChI is InChI=1S/C20H16ClN3O6/c1-11-9-16(12(2)29-11)20(26)23-22-19(25)13-3-6-15(7-4-13)30-18-8-5-14(21)10-17(18)24(27)28/h3-10H,1-2H3,(H,22,25)(H,23,26). The molecule has 0 saturated carbocycles. The third-order valence-electron chi connectivity index (χ3n) is 4.04. The minimum atomic E-state index is -0.602. The van der Waals surface area contributed by atoms with Crippen molar-refractivity contribution in [2.24, 2.45) is 0 Å². The Kier molecular flexibility index (Phi) is 6.03. The molecule has 0 saturated heterocycles. The second kappa shape index (κ2) is 8.66. The molecule has 10 heteroatoms. The number of hydrogen-bond acceptors (Lipinski definition) is 6. The van der Waals surface area contributed by atoms with Crippen LogP contribution in [0.2, 0.25) is 5.02 Å². The third kappa shape index (κ3) is 4.76. The Hall–Kier alpha value is -3.85. The average molecular weight is 430 g/mol. The van der Waals surface area contributed by atoms with Gasteiger partial charge in [-0.3, -0.25) is 30.6 Å². The summed E-state index contributed by atoms with van der Waals surface area (Å²) in [5.74, 6) is 0.264. The number of ether oxygens (including phenoxy) is 1. The summed E-state index contributed by atoms with van der Waals surface area (Å²) in [4.78, 5) is 34.9. The van der Waals surface area contributed by atoms with Crippen molar-refractivity contribution in [1.82, 2.24) is 10.9 Å². The maximum Gasteiger partial charge on any atom is 0.313 e. The number of aryl methyl sites for hydroxylation is 2. The first-order chi connectivity index (χ1) is 14.2. The molecule has 0 spiro atoms. The van der Waals surface area contributed by atoms with Gasteiger partial charge in [0.05, 0.1) is 10.5 Å². The molecule has 0 aliphatic carbocycles. The monoisotopic (exact) mass is 429 g/mol. The van der Waals surface area contributed by atoms with Gasteiger partial charge in [0, 0.05) is 16.7 Å². The topological polar surface area (TPSA) is 124 Å². The SMILES string of the molecule is Cc1cc(C(=O)NNC(=O)c2ccc(Oc3ccc(Cl)cc3[N+](=O)[O-])cc2)c(C)o1. The van der Waals surface area contributed by atoms with Gasteiger partial charge in [-0.15, -0.1) is 0 Å². The molecule has 1 aromatic heterocycles. The highest BCUT2D eigenvalue weighted by Gasteiger charge is 2.17. The largest absolute Gasteiger partial charge is 0.466 e. The van der Waals surface area contributed by atoms with Gasteiger partial charge in [-0.25, -0.2) is 0 Å². The molecule has 3 aromatic rings. The van der Waals surface area contributed by atoms with Crippen LogP contribution in [0.15, 0.2) is 52.9 Å². The molecule has 0 aliphatic rings. The van der Waals surface area contributed by atoms with Crippen LogP contribution in [0.3, 0.4) is 0 Å². The molecule has 0 bridgehead atoms. The van der Waals surface area contributed by atoms with E-state index in [1.165, 1.54) is 42.5 Å². The van der Waals surface area contributed by atoms with Gasteiger partial charge in [0.2, 0.25) is 5.75 Å². The van der Waals surface area contributed by atoms with Crippen molar-refractivity contribution in [2.45, 2.75) is 13.8 Å². The lowest BCUT2D eigenvalue weighted by Gasteiger charge is -2.09. The summed E-state index contributed by atoms with van der Waals surface area (Å²) < 4.78 is 10.8. The molecule has 0 unspecified atom stereocenters. The van der Waals surface area contributed by atoms with Gasteiger partial charge in [-0.2, -0.15) is 0 Å².